The van der Waals surface area contributed by atoms with Crippen LogP contribution < -0.4 is 0 Å². The number of Topliss-reactive ketones (excluding diaryl/α,β-unsaturated/α-hetero) is 1. The number of carbonyl (C=O) groups is 2. The summed E-state index contributed by atoms with van der Waals surface area (Å²) in [6.45, 7) is 1.46. The smallest absolute Gasteiger partial charge is 0.324 e. The molecule has 0 saturated carbocycles. The number of carbonyl (C=O) groups excluding carboxylic acids is 2. The Morgan fingerprint density at radius 2 is 2.00 bits per heavy atom. The fourth-order valence-electron chi connectivity index (χ4n) is 2.94. The fourth-order valence-corrected chi connectivity index (χ4v) is 5.19. The summed E-state index contributed by atoms with van der Waals surface area (Å²) in [4.78, 5) is 24.0. The maximum Gasteiger partial charge on any atom is 0.324 e. The molecule has 0 aliphatic carbocycles. The van der Waals surface area contributed by atoms with Gasteiger partial charge in [-0.2, -0.15) is 4.31 Å². The van der Waals surface area contributed by atoms with E-state index in [1.54, 1.807) is 0 Å². The quantitative estimate of drug-likeness (QED) is 0.499. The summed E-state index contributed by atoms with van der Waals surface area (Å²) in [5.74, 6) is -0.800. The molecule has 0 spiro atoms. The van der Waals surface area contributed by atoms with E-state index in [4.69, 9.17) is 16.3 Å². The lowest BCUT2D eigenvalue weighted by atomic mass is 10.1. The summed E-state index contributed by atoms with van der Waals surface area (Å²) in [6.07, 6.45) is 1.73. The topological polar surface area (TPSA) is 107 Å². The first kappa shape index (κ1) is 20.8. The van der Waals surface area contributed by atoms with Gasteiger partial charge in [-0.1, -0.05) is 28.2 Å². The van der Waals surface area contributed by atoms with Crippen LogP contribution in [0.15, 0.2) is 29.2 Å². The molecule has 1 aromatic carbocycles. The average molecular weight is 444 g/mol. The number of sulfonamides is 1. The number of hydrogen-bond acceptors (Lipinski definition) is 8. The largest absolute Gasteiger partial charge is 0.458 e. The molecule has 1 atom stereocenters. The highest BCUT2D eigenvalue weighted by molar-refractivity contribution is 7.89. The van der Waals surface area contributed by atoms with Crippen LogP contribution in [-0.2, 0) is 26.2 Å². The minimum Gasteiger partial charge on any atom is -0.458 e. The average Bonchev–Trinajstić information content (AvgIpc) is 3.11. The summed E-state index contributed by atoms with van der Waals surface area (Å²) in [6, 6.07) is 4.76. The Balaban J connectivity index is 1.78. The van der Waals surface area contributed by atoms with Gasteiger partial charge < -0.3 is 4.74 Å². The Labute approximate surface area is 171 Å². The number of aromatic nitrogens is 2. The summed E-state index contributed by atoms with van der Waals surface area (Å²) >= 11 is 6.88. The van der Waals surface area contributed by atoms with Crippen LogP contribution in [0, 0.1) is 0 Å². The van der Waals surface area contributed by atoms with Gasteiger partial charge in [0.05, 0.1) is 4.90 Å². The normalized spacial score (nSPS) is 18.0. The molecule has 1 fully saturated rings. The molecular formula is C17H18ClN3O5S2. The van der Waals surface area contributed by atoms with Crippen molar-refractivity contribution in [3.8, 4) is 0 Å². The molecule has 1 aliphatic rings. The van der Waals surface area contributed by atoms with Crippen molar-refractivity contribution in [2.75, 3.05) is 6.54 Å². The minimum absolute atomic E-state index is 0.0314. The van der Waals surface area contributed by atoms with Gasteiger partial charge in [0.15, 0.2) is 5.78 Å². The van der Waals surface area contributed by atoms with Crippen molar-refractivity contribution in [2.24, 2.45) is 0 Å². The third-order valence-corrected chi connectivity index (χ3v) is 7.36. The van der Waals surface area contributed by atoms with Crippen molar-refractivity contribution in [2.45, 2.75) is 43.7 Å². The molecule has 3 rings (SSSR count). The first-order chi connectivity index (χ1) is 13.3. The number of halogens is 1. The number of esters is 1. The zero-order valence-corrected chi connectivity index (χ0v) is 17.4. The second-order valence-electron chi connectivity index (χ2n) is 6.31. The summed E-state index contributed by atoms with van der Waals surface area (Å²) in [5, 5.41) is 3.77. The molecule has 150 valence electrons. The van der Waals surface area contributed by atoms with Gasteiger partial charge in [-0.15, -0.1) is 5.10 Å². The Morgan fingerprint density at radius 1 is 1.29 bits per heavy atom. The van der Waals surface area contributed by atoms with Crippen molar-refractivity contribution < 1.29 is 22.7 Å². The van der Waals surface area contributed by atoms with E-state index in [9.17, 15) is 18.0 Å². The predicted molar refractivity (Wildman–Crippen MR) is 103 cm³/mol. The molecule has 0 amide bonds. The number of nitrogens with zero attached hydrogens (tertiary/aromatic N) is 3. The molecule has 0 radical (unpaired) electrons. The lowest BCUT2D eigenvalue weighted by Crippen LogP contribution is -2.48. The monoisotopic (exact) mass is 443 g/mol. The van der Waals surface area contributed by atoms with Gasteiger partial charge in [-0.3, -0.25) is 9.59 Å². The minimum atomic E-state index is -3.91. The molecule has 8 nitrogen and oxygen atoms in total. The summed E-state index contributed by atoms with van der Waals surface area (Å²) < 4.78 is 36.5. The van der Waals surface area contributed by atoms with E-state index < -0.39 is 22.0 Å². The van der Waals surface area contributed by atoms with E-state index in [-0.39, 0.29) is 23.8 Å². The molecule has 2 heterocycles. The number of hydrogen-bond donors (Lipinski definition) is 0. The lowest BCUT2D eigenvalue weighted by molar-refractivity contribution is -0.150. The van der Waals surface area contributed by atoms with Crippen LogP contribution >= 0.6 is 23.1 Å². The van der Waals surface area contributed by atoms with Crippen molar-refractivity contribution in [3.05, 3.63) is 39.9 Å². The SMILES string of the molecule is CC(=O)c1ccc(S(=O)(=O)N2CCCCC2C(=O)OCc2nnsc2Cl)cc1. The Bertz CT molecular complexity index is 975. The second-order valence-corrected chi connectivity index (χ2v) is 9.56. The van der Waals surface area contributed by atoms with Gasteiger partial charge in [-0.25, -0.2) is 8.42 Å². The maximum absolute atomic E-state index is 13.1. The molecule has 1 aromatic heterocycles. The molecule has 1 aliphatic heterocycles. The third kappa shape index (κ3) is 4.40. The van der Waals surface area contributed by atoms with Gasteiger partial charge in [-0.05, 0) is 38.3 Å². The van der Waals surface area contributed by atoms with Crippen LogP contribution in [0.25, 0.3) is 0 Å². The molecule has 0 N–H and O–H groups in total. The molecule has 1 unspecified atom stereocenters. The van der Waals surface area contributed by atoms with Crippen molar-refractivity contribution in [1.29, 1.82) is 0 Å². The Morgan fingerprint density at radius 3 is 2.61 bits per heavy atom. The molecule has 2 aromatic rings. The zero-order chi connectivity index (χ0) is 20.3. The van der Waals surface area contributed by atoms with E-state index in [1.807, 2.05) is 0 Å². The summed E-state index contributed by atoms with van der Waals surface area (Å²) in [5.41, 5.74) is 0.757. The number of piperidine rings is 1. The lowest BCUT2D eigenvalue weighted by Gasteiger charge is -2.33. The number of ketones is 1. The van der Waals surface area contributed by atoms with Crippen LogP contribution in [0.2, 0.25) is 4.34 Å². The number of ether oxygens (including phenoxy) is 1. The molecule has 11 heteroatoms. The predicted octanol–water partition coefficient (Wildman–Crippen LogP) is 2.68. The van der Waals surface area contributed by atoms with E-state index in [0.717, 1.165) is 11.5 Å². The zero-order valence-electron chi connectivity index (χ0n) is 15.0. The highest BCUT2D eigenvalue weighted by Crippen LogP contribution is 2.27. The Hall–Kier alpha value is -1.88. The molecule has 0 bridgehead atoms. The maximum atomic E-state index is 13.1. The van der Waals surface area contributed by atoms with Crippen molar-refractivity contribution >= 4 is 44.9 Å². The number of rotatable bonds is 6. The van der Waals surface area contributed by atoms with E-state index in [1.165, 1.54) is 35.5 Å². The Kier molecular flexibility index (Phi) is 6.43. The highest BCUT2D eigenvalue weighted by Gasteiger charge is 2.38. The first-order valence-electron chi connectivity index (χ1n) is 8.57. The number of benzene rings is 1. The molecule has 28 heavy (non-hydrogen) atoms. The van der Waals surface area contributed by atoms with Crippen LogP contribution in [-0.4, -0.2) is 46.6 Å². The highest BCUT2D eigenvalue weighted by atomic mass is 35.5. The van der Waals surface area contributed by atoms with Gasteiger partial charge in [0, 0.05) is 23.6 Å². The van der Waals surface area contributed by atoms with Crippen LogP contribution in [0.3, 0.4) is 0 Å². The van der Waals surface area contributed by atoms with Crippen molar-refractivity contribution in [3.63, 3.8) is 0 Å². The molecular weight excluding hydrogens is 426 g/mol. The fraction of sp³-hybridized carbons (Fsp3) is 0.412. The van der Waals surface area contributed by atoms with Gasteiger partial charge >= 0.3 is 5.97 Å². The summed E-state index contributed by atoms with van der Waals surface area (Å²) in [7, 11) is -3.91. The van der Waals surface area contributed by atoms with Crippen LogP contribution in [0.1, 0.15) is 42.2 Å². The van der Waals surface area contributed by atoms with Gasteiger partial charge in [0.25, 0.3) is 0 Å². The van der Waals surface area contributed by atoms with Crippen LogP contribution in [0.5, 0.6) is 0 Å². The second kappa shape index (κ2) is 8.64. The van der Waals surface area contributed by atoms with Crippen LogP contribution in [0.4, 0.5) is 0 Å². The standard InChI is InChI=1S/C17H18ClN3O5S2/c1-11(22)12-5-7-13(8-6-12)28(24,25)21-9-3-2-4-15(21)17(23)26-10-14-16(18)27-20-19-14/h5-8,15H,2-4,9-10H2,1H3. The van der Waals surface area contributed by atoms with E-state index in [2.05, 4.69) is 9.59 Å². The van der Waals surface area contributed by atoms with Gasteiger partial charge in [0.1, 0.15) is 22.7 Å². The first-order valence-corrected chi connectivity index (χ1v) is 11.2. The van der Waals surface area contributed by atoms with E-state index in [0.29, 0.717) is 34.9 Å². The third-order valence-electron chi connectivity index (χ3n) is 4.45. The van der Waals surface area contributed by atoms with Crippen molar-refractivity contribution in [1.82, 2.24) is 13.9 Å². The molecule has 1 saturated heterocycles. The van der Waals surface area contributed by atoms with Gasteiger partial charge in [0.2, 0.25) is 10.0 Å². The van der Waals surface area contributed by atoms with E-state index >= 15 is 0 Å².